The van der Waals surface area contributed by atoms with Crippen LogP contribution in [0.5, 0.6) is 0 Å². The molecule has 1 aliphatic rings. The highest BCUT2D eigenvalue weighted by Gasteiger charge is 2.14. The summed E-state index contributed by atoms with van der Waals surface area (Å²) in [6, 6.07) is 21.6. The van der Waals surface area contributed by atoms with Crippen molar-refractivity contribution in [2.45, 2.75) is 12.5 Å². The summed E-state index contributed by atoms with van der Waals surface area (Å²) in [5.41, 5.74) is 2.61. The van der Waals surface area contributed by atoms with Gasteiger partial charge >= 0.3 is 0 Å². The summed E-state index contributed by atoms with van der Waals surface area (Å²) in [7, 11) is 0. The number of morpholine rings is 1. The van der Waals surface area contributed by atoms with E-state index in [1.165, 1.54) is 11.1 Å². The number of nitrogens with one attached hydrogen (secondary N) is 1. The fourth-order valence-electron chi connectivity index (χ4n) is 3.18. The summed E-state index contributed by atoms with van der Waals surface area (Å²) in [5, 5.41) is 3.70. The minimum absolute atomic E-state index is 0.379. The van der Waals surface area contributed by atoms with Crippen molar-refractivity contribution in [2.75, 3.05) is 39.4 Å². The van der Waals surface area contributed by atoms with E-state index in [1.807, 2.05) is 6.07 Å². The van der Waals surface area contributed by atoms with Crippen LogP contribution in [0.25, 0.3) is 6.08 Å². The van der Waals surface area contributed by atoms with Crippen molar-refractivity contribution < 1.29 is 4.74 Å². The molecule has 2 aromatic rings. The Hall–Kier alpha value is -1.94. The van der Waals surface area contributed by atoms with E-state index in [1.54, 1.807) is 0 Å². The predicted molar refractivity (Wildman–Crippen MR) is 105 cm³/mol. The number of rotatable bonds is 8. The summed E-state index contributed by atoms with van der Waals surface area (Å²) in [6.07, 6.45) is 5.50. The van der Waals surface area contributed by atoms with Crippen molar-refractivity contribution in [1.29, 1.82) is 0 Å². The maximum Gasteiger partial charge on any atom is 0.0594 e. The Labute approximate surface area is 151 Å². The van der Waals surface area contributed by atoms with Crippen molar-refractivity contribution in [2.24, 2.45) is 0 Å². The Bertz CT molecular complexity index is 621. The number of nitrogens with zero attached hydrogens (tertiary/aromatic N) is 1. The Morgan fingerprint density at radius 2 is 1.64 bits per heavy atom. The molecule has 25 heavy (non-hydrogen) atoms. The van der Waals surface area contributed by atoms with Crippen LogP contribution in [0.3, 0.4) is 0 Å². The molecule has 1 aliphatic heterocycles. The smallest absolute Gasteiger partial charge is 0.0594 e. The van der Waals surface area contributed by atoms with Crippen LogP contribution in [0, 0.1) is 0 Å². The molecule has 1 fully saturated rings. The van der Waals surface area contributed by atoms with E-state index in [9.17, 15) is 0 Å². The van der Waals surface area contributed by atoms with E-state index < -0.39 is 0 Å². The number of hydrogen-bond acceptors (Lipinski definition) is 3. The second kappa shape index (κ2) is 10.1. The molecule has 0 amide bonds. The van der Waals surface area contributed by atoms with Gasteiger partial charge < -0.3 is 10.1 Å². The molecule has 0 spiro atoms. The maximum atomic E-state index is 5.45. The second-order valence-electron chi connectivity index (χ2n) is 6.43. The van der Waals surface area contributed by atoms with Gasteiger partial charge in [-0.3, -0.25) is 4.90 Å². The molecule has 2 aromatic carbocycles. The first-order valence-corrected chi connectivity index (χ1v) is 9.22. The van der Waals surface area contributed by atoms with Crippen LogP contribution in [0.4, 0.5) is 0 Å². The molecule has 1 heterocycles. The Kier molecular flexibility index (Phi) is 7.25. The van der Waals surface area contributed by atoms with Crippen LogP contribution >= 0.6 is 0 Å². The minimum atomic E-state index is 0.379. The lowest BCUT2D eigenvalue weighted by molar-refractivity contribution is 0.0362. The zero-order valence-corrected chi connectivity index (χ0v) is 14.8. The van der Waals surface area contributed by atoms with Crippen LogP contribution in [0.15, 0.2) is 66.7 Å². The monoisotopic (exact) mass is 336 g/mol. The molecule has 0 saturated carbocycles. The van der Waals surface area contributed by atoms with Gasteiger partial charge in [-0.15, -0.1) is 0 Å². The van der Waals surface area contributed by atoms with Gasteiger partial charge in [-0.25, -0.2) is 0 Å². The second-order valence-corrected chi connectivity index (χ2v) is 6.43. The highest BCUT2D eigenvalue weighted by Crippen LogP contribution is 2.17. The molecule has 1 saturated heterocycles. The van der Waals surface area contributed by atoms with E-state index in [0.717, 1.165) is 45.8 Å². The Morgan fingerprint density at radius 1 is 0.960 bits per heavy atom. The molecule has 0 radical (unpaired) electrons. The lowest BCUT2D eigenvalue weighted by Crippen LogP contribution is -2.38. The molecule has 132 valence electrons. The number of hydrogen-bond donors (Lipinski definition) is 1. The summed E-state index contributed by atoms with van der Waals surface area (Å²) in [4.78, 5) is 2.50. The van der Waals surface area contributed by atoms with E-state index in [0.29, 0.717) is 6.04 Å². The average molecular weight is 336 g/mol. The number of ether oxygens (including phenoxy) is 1. The molecule has 3 rings (SSSR count). The van der Waals surface area contributed by atoms with Gasteiger partial charge in [0.05, 0.1) is 13.2 Å². The van der Waals surface area contributed by atoms with Crippen LogP contribution in [-0.4, -0.2) is 44.3 Å². The fourth-order valence-corrected chi connectivity index (χ4v) is 3.18. The third kappa shape index (κ3) is 6.13. The first-order valence-electron chi connectivity index (χ1n) is 9.22. The van der Waals surface area contributed by atoms with Crippen molar-refractivity contribution in [3.8, 4) is 0 Å². The van der Waals surface area contributed by atoms with Gasteiger partial charge in [-0.1, -0.05) is 72.8 Å². The van der Waals surface area contributed by atoms with E-state index in [4.69, 9.17) is 4.74 Å². The molecule has 0 aliphatic carbocycles. The highest BCUT2D eigenvalue weighted by atomic mass is 16.5. The van der Waals surface area contributed by atoms with Crippen molar-refractivity contribution >= 4 is 6.08 Å². The summed E-state index contributed by atoms with van der Waals surface area (Å²) in [5.74, 6) is 0. The van der Waals surface area contributed by atoms with Gasteiger partial charge in [-0.05, 0) is 17.5 Å². The summed E-state index contributed by atoms with van der Waals surface area (Å²) < 4.78 is 5.45. The molecule has 0 bridgehead atoms. The predicted octanol–water partition coefficient (Wildman–Crippen LogP) is 3.75. The van der Waals surface area contributed by atoms with Gasteiger partial charge in [0.25, 0.3) is 0 Å². The Morgan fingerprint density at radius 3 is 2.36 bits per heavy atom. The third-order valence-electron chi connectivity index (χ3n) is 4.63. The number of benzene rings is 2. The molecule has 1 unspecified atom stereocenters. The van der Waals surface area contributed by atoms with E-state index >= 15 is 0 Å². The SMILES string of the molecule is C(=C\c1ccccc1)/CNC(CCN1CCOCC1)c1ccccc1. The molecular weight excluding hydrogens is 308 g/mol. The third-order valence-corrected chi connectivity index (χ3v) is 4.63. The standard InChI is InChI=1S/C22H28N2O/c1-3-8-20(9-4-1)10-7-14-23-22(21-11-5-2-6-12-21)13-15-24-16-18-25-19-17-24/h1-12,22-23H,13-19H2/b10-7+. The fraction of sp³-hybridized carbons (Fsp3) is 0.364. The maximum absolute atomic E-state index is 5.45. The largest absolute Gasteiger partial charge is 0.379 e. The van der Waals surface area contributed by atoms with Crippen molar-refractivity contribution in [3.63, 3.8) is 0 Å². The molecule has 1 atom stereocenters. The zero-order valence-electron chi connectivity index (χ0n) is 14.8. The van der Waals surface area contributed by atoms with Crippen molar-refractivity contribution in [1.82, 2.24) is 10.2 Å². The van der Waals surface area contributed by atoms with Gasteiger partial charge in [-0.2, -0.15) is 0 Å². The molecule has 1 N–H and O–H groups in total. The molecule has 0 aromatic heterocycles. The van der Waals surface area contributed by atoms with Gasteiger partial charge in [0.2, 0.25) is 0 Å². The quantitative estimate of drug-likeness (QED) is 0.794. The van der Waals surface area contributed by atoms with Crippen LogP contribution in [0.1, 0.15) is 23.6 Å². The first-order chi connectivity index (χ1) is 12.4. The summed E-state index contributed by atoms with van der Waals surface area (Å²) >= 11 is 0. The zero-order chi connectivity index (χ0) is 17.2. The minimum Gasteiger partial charge on any atom is -0.379 e. The Balaban J connectivity index is 1.53. The summed E-state index contributed by atoms with van der Waals surface area (Å²) in [6.45, 7) is 5.81. The normalized spacial score (nSPS) is 17.0. The molecule has 3 heteroatoms. The molecule has 3 nitrogen and oxygen atoms in total. The molecular formula is C22H28N2O. The first kappa shape index (κ1) is 17.9. The van der Waals surface area contributed by atoms with Gasteiger partial charge in [0.15, 0.2) is 0 Å². The highest BCUT2D eigenvalue weighted by molar-refractivity contribution is 5.48. The lowest BCUT2D eigenvalue weighted by Gasteiger charge is -2.28. The topological polar surface area (TPSA) is 24.5 Å². The van der Waals surface area contributed by atoms with Gasteiger partial charge in [0.1, 0.15) is 0 Å². The van der Waals surface area contributed by atoms with Crippen LogP contribution < -0.4 is 5.32 Å². The van der Waals surface area contributed by atoms with Gasteiger partial charge in [0, 0.05) is 32.2 Å². The average Bonchev–Trinajstić information content (AvgIpc) is 2.70. The van der Waals surface area contributed by atoms with E-state index in [2.05, 4.69) is 77.0 Å². The van der Waals surface area contributed by atoms with Crippen molar-refractivity contribution in [3.05, 3.63) is 77.9 Å². The van der Waals surface area contributed by atoms with Crippen LogP contribution in [-0.2, 0) is 4.74 Å². The lowest BCUT2D eigenvalue weighted by atomic mass is 10.0. The van der Waals surface area contributed by atoms with E-state index in [-0.39, 0.29) is 0 Å². The van der Waals surface area contributed by atoms with Crippen LogP contribution in [0.2, 0.25) is 0 Å².